The molecule has 0 aromatic heterocycles. The predicted octanol–water partition coefficient (Wildman–Crippen LogP) is 3.00. The number of carbonyl (C=O) groups is 1. The Morgan fingerprint density at radius 2 is 2.16 bits per heavy atom. The quantitative estimate of drug-likeness (QED) is 0.799. The molecular weight excluding hydrogens is 249 g/mol. The highest BCUT2D eigenvalue weighted by molar-refractivity contribution is 5.94. The molecule has 4 nitrogen and oxygen atoms in total. The molecule has 1 rings (SSSR count). The van der Waals surface area contributed by atoms with Gasteiger partial charge >= 0.3 is 5.97 Å². The molecule has 0 saturated carbocycles. The molecule has 1 aromatic rings. The predicted molar refractivity (Wildman–Crippen MR) is 72.1 cm³/mol. The maximum Gasteiger partial charge on any atom is 0.337 e. The minimum atomic E-state index is -1.15. The Balaban J connectivity index is 2.92. The Bertz CT molecular complexity index is 435. The zero-order valence-electron chi connectivity index (χ0n) is 11.4. The van der Waals surface area contributed by atoms with E-state index in [4.69, 9.17) is 9.84 Å². The van der Waals surface area contributed by atoms with Gasteiger partial charge in [0.05, 0.1) is 18.2 Å². The molecule has 0 saturated heterocycles. The van der Waals surface area contributed by atoms with E-state index in [2.05, 4.69) is 5.32 Å². The number of anilines is 1. The smallest absolute Gasteiger partial charge is 0.337 e. The molecule has 0 aliphatic heterocycles. The number of nitrogens with one attached hydrogen (secondary N) is 1. The summed E-state index contributed by atoms with van der Waals surface area (Å²) in [5.41, 5.74) is 0.342. The minimum Gasteiger partial charge on any atom is -0.478 e. The maximum atomic E-state index is 13.1. The van der Waals surface area contributed by atoms with E-state index < -0.39 is 11.8 Å². The third kappa shape index (κ3) is 4.52. The van der Waals surface area contributed by atoms with Crippen LogP contribution in [0, 0.1) is 11.7 Å². The fraction of sp³-hybridized carbons (Fsp3) is 0.500. The van der Waals surface area contributed by atoms with Gasteiger partial charge in [-0.15, -0.1) is 0 Å². The average molecular weight is 269 g/mol. The Morgan fingerprint density at radius 1 is 1.47 bits per heavy atom. The van der Waals surface area contributed by atoms with Gasteiger partial charge in [-0.1, -0.05) is 13.8 Å². The number of carboxylic acid groups (broad SMARTS) is 1. The molecular formula is C14H20FNO3. The van der Waals surface area contributed by atoms with Crippen molar-refractivity contribution >= 4 is 11.7 Å². The van der Waals surface area contributed by atoms with Gasteiger partial charge in [-0.2, -0.15) is 0 Å². The lowest BCUT2D eigenvalue weighted by atomic mass is 10.0. The second-order valence-electron chi connectivity index (χ2n) is 4.65. The van der Waals surface area contributed by atoms with E-state index in [1.54, 1.807) is 0 Å². The third-order valence-electron chi connectivity index (χ3n) is 2.86. The van der Waals surface area contributed by atoms with Crippen molar-refractivity contribution < 1.29 is 19.0 Å². The van der Waals surface area contributed by atoms with Crippen LogP contribution in [0.4, 0.5) is 10.1 Å². The number of hydrogen-bond acceptors (Lipinski definition) is 3. The van der Waals surface area contributed by atoms with Crippen LogP contribution in [0.5, 0.6) is 0 Å². The van der Waals surface area contributed by atoms with Gasteiger partial charge in [-0.25, -0.2) is 9.18 Å². The molecule has 0 fully saturated rings. The molecule has 1 atom stereocenters. The fourth-order valence-electron chi connectivity index (χ4n) is 1.66. The summed E-state index contributed by atoms with van der Waals surface area (Å²) in [4.78, 5) is 11.1. The summed E-state index contributed by atoms with van der Waals surface area (Å²) in [6.07, 6.45) is 0. The van der Waals surface area contributed by atoms with Crippen LogP contribution in [0.25, 0.3) is 0 Å². The molecule has 0 aliphatic carbocycles. The van der Waals surface area contributed by atoms with Crippen LogP contribution in [-0.2, 0) is 4.74 Å². The first kappa shape index (κ1) is 15.4. The molecule has 1 unspecified atom stereocenters. The van der Waals surface area contributed by atoms with Gasteiger partial charge in [0, 0.05) is 12.3 Å². The van der Waals surface area contributed by atoms with Gasteiger partial charge < -0.3 is 15.2 Å². The largest absolute Gasteiger partial charge is 0.478 e. The van der Waals surface area contributed by atoms with Crippen molar-refractivity contribution in [1.29, 1.82) is 0 Å². The van der Waals surface area contributed by atoms with Gasteiger partial charge in [0.25, 0.3) is 0 Å². The van der Waals surface area contributed by atoms with Crippen molar-refractivity contribution in [1.82, 2.24) is 0 Å². The molecule has 5 heteroatoms. The number of ether oxygens (including phenoxy) is 1. The van der Waals surface area contributed by atoms with Crippen LogP contribution in [0.2, 0.25) is 0 Å². The minimum absolute atomic E-state index is 0.0245. The summed E-state index contributed by atoms with van der Waals surface area (Å²) in [6, 6.07) is 3.68. The van der Waals surface area contributed by atoms with Gasteiger partial charge in [0.15, 0.2) is 0 Å². The monoisotopic (exact) mass is 269 g/mol. The van der Waals surface area contributed by atoms with E-state index in [-0.39, 0.29) is 17.5 Å². The van der Waals surface area contributed by atoms with Crippen molar-refractivity contribution in [3.8, 4) is 0 Å². The second-order valence-corrected chi connectivity index (χ2v) is 4.65. The molecule has 0 heterocycles. The zero-order valence-corrected chi connectivity index (χ0v) is 11.4. The van der Waals surface area contributed by atoms with E-state index in [0.717, 1.165) is 6.07 Å². The highest BCUT2D eigenvalue weighted by atomic mass is 19.1. The maximum absolute atomic E-state index is 13.1. The van der Waals surface area contributed by atoms with Crippen LogP contribution in [-0.4, -0.2) is 30.3 Å². The van der Waals surface area contributed by atoms with Crippen molar-refractivity contribution in [2.75, 3.05) is 18.5 Å². The molecule has 2 N–H and O–H groups in total. The van der Waals surface area contributed by atoms with Crippen LogP contribution < -0.4 is 5.32 Å². The number of carboxylic acids is 1. The number of aromatic carboxylic acids is 1. The highest BCUT2D eigenvalue weighted by Gasteiger charge is 2.17. The lowest BCUT2D eigenvalue weighted by Gasteiger charge is -2.24. The van der Waals surface area contributed by atoms with Crippen LogP contribution in [0.3, 0.4) is 0 Å². The molecule has 1 aromatic carbocycles. The van der Waals surface area contributed by atoms with E-state index in [1.807, 2.05) is 20.8 Å². The van der Waals surface area contributed by atoms with Gasteiger partial charge in [-0.05, 0) is 31.0 Å². The van der Waals surface area contributed by atoms with Crippen LogP contribution in [0.15, 0.2) is 18.2 Å². The lowest BCUT2D eigenvalue weighted by Crippen LogP contribution is -2.31. The van der Waals surface area contributed by atoms with Crippen LogP contribution >= 0.6 is 0 Å². The van der Waals surface area contributed by atoms with Gasteiger partial charge in [0.1, 0.15) is 5.82 Å². The van der Waals surface area contributed by atoms with E-state index in [0.29, 0.717) is 18.9 Å². The summed E-state index contributed by atoms with van der Waals surface area (Å²) in [5.74, 6) is -1.45. The van der Waals surface area contributed by atoms with E-state index in [9.17, 15) is 9.18 Å². The van der Waals surface area contributed by atoms with Gasteiger partial charge in [0.2, 0.25) is 0 Å². The summed E-state index contributed by atoms with van der Waals surface area (Å²) in [5, 5.41) is 12.2. The third-order valence-corrected chi connectivity index (χ3v) is 2.86. The second kappa shape index (κ2) is 7.09. The summed E-state index contributed by atoms with van der Waals surface area (Å²) >= 11 is 0. The Morgan fingerprint density at radius 3 is 2.68 bits per heavy atom. The summed E-state index contributed by atoms with van der Waals surface area (Å²) < 4.78 is 18.5. The number of hydrogen-bond donors (Lipinski definition) is 2. The Hall–Kier alpha value is -1.62. The normalized spacial score (nSPS) is 12.5. The molecule has 106 valence electrons. The first-order chi connectivity index (χ1) is 8.95. The molecule has 0 aliphatic rings. The van der Waals surface area contributed by atoms with E-state index >= 15 is 0 Å². The first-order valence-corrected chi connectivity index (χ1v) is 6.32. The highest BCUT2D eigenvalue weighted by Crippen LogP contribution is 2.20. The topological polar surface area (TPSA) is 58.6 Å². The SMILES string of the molecule is CCOCC(Nc1ccc(F)cc1C(=O)O)C(C)C. The van der Waals surface area contributed by atoms with Crippen molar-refractivity contribution in [2.24, 2.45) is 5.92 Å². The average Bonchev–Trinajstić information content (AvgIpc) is 2.35. The standard InChI is InChI=1S/C14H20FNO3/c1-4-19-8-13(9(2)3)16-12-6-5-10(15)7-11(12)14(17)18/h5-7,9,13,16H,4,8H2,1-3H3,(H,17,18). The van der Waals surface area contributed by atoms with Crippen molar-refractivity contribution in [3.63, 3.8) is 0 Å². The molecule has 0 amide bonds. The summed E-state index contributed by atoms with van der Waals surface area (Å²) in [7, 11) is 0. The number of benzene rings is 1. The zero-order chi connectivity index (χ0) is 14.4. The van der Waals surface area contributed by atoms with E-state index in [1.165, 1.54) is 12.1 Å². The molecule has 19 heavy (non-hydrogen) atoms. The molecule has 0 bridgehead atoms. The lowest BCUT2D eigenvalue weighted by molar-refractivity contribution is 0.0697. The van der Waals surface area contributed by atoms with Crippen molar-refractivity contribution in [3.05, 3.63) is 29.6 Å². The van der Waals surface area contributed by atoms with Gasteiger partial charge in [-0.3, -0.25) is 0 Å². The number of halogens is 1. The summed E-state index contributed by atoms with van der Waals surface area (Å²) in [6.45, 7) is 7.00. The Kier molecular flexibility index (Phi) is 5.76. The van der Waals surface area contributed by atoms with Crippen molar-refractivity contribution in [2.45, 2.75) is 26.8 Å². The molecule has 0 radical (unpaired) electrons. The molecule has 0 spiro atoms. The fourth-order valence-corrected chi connectivity index (χ4v) is 1.66. The Labute approximate surface area is 112 Å². The first-order valence-electron chi connectivity index (χ1n) is 6.32. The number of rotatable bonds is 7. The van der Waals surface area contributed by atoms with Crippen LogP contribution in [0.1, 0.15) is 31.1 Å².